The first kappa shape index (κ1) is 16.5. The van der Waals surface area contributed by atoms with Gasteiger partial charge in [0.2, 0.25) is 5.91 Å². The predicted octanol–water partition coefficient (Wildman–Crippen LogP) is 3.40. The topological polar surface area (TPSA) is 41.6 Å². The Balaban J connectivity index is 1.91. The van der Waals surface area contributed by atoms with Crippen LogP contribution in [0.4, 0.5) is 18.9 Å². The van der Waals surface area contributed by atoms with Crippen LogP contribution >= 0.6 is 0 Å². The van der Waals surface area contributed by atoms with E-state index in [9.17, 15) is 18.0 Å². The third-order valence-corrected chi connectivity index (χ3v) is 3.63. The minimum atomic E-state index is -4.72. The number of anilines is 1. The van der Waals surface area contributed by atoms with E-state index >= 15 is 0 Å². The van der Waals surface area contributed by atoms with Gasteiger partial charge in [-0.1, -0.05) is 6.07 Å². The van der Waals surface area contributed by atoms with Crippen molar-refractivity contribution < 1.29 is 22.7 Å². The van der Waals surface area contributed by atoms with Crippen LogP contribution in [0.5, 0.6) is 5.75 Å². The van der Waals surface area contributed by atoms with Gasteiger partial charge in [0.05, 0.1) is 6.54 Å². The zero-order chi connectivity index (χ0) is 16.2. The molecule has 1 fully saturated rings. The molecule has 1 saturated heterocycles. The van der Waals surface area contributed by atoms with Crippen molar-refractivity contribution in [2.45, 2.75) is 38.6 Å². The number of hydrogen-bond acceptors (Lipinski definition) is 3. The van der Waals surface area contributed by atoms with Crippen molar-refractivity contribution in [1.82, 2.24) is 4.90 Å². The van der Waals surface area contributed by atoms with Gasteiger partial charge in [-0.2, -0.15) is 0 Å². The quantitative estimate of drug-likeness (QED) is 0.925. The third-order valence-electron chi connectivity index (χ3n) is 3.63. The molecule has 1 aliphatic rings. The van der Waals surface area contributed by atoms with Gasteiger partial charge < -0.3 is 15.0 Å². The first-order valence-corrected chi connectivity index (χ1v) is 7.24. The average molecular weight is 316 g/mol. The summed E-state index contributed by atoms with van der Waals surface area (Å²) in [4.78, 5) is 14.0. The molecular weight excluding hydrogens is 297 g/mol. The summed E-state index contributed by atoms with van der Waals surface area (Å²) in [5.74, 6) is -0.356. The fourth-order valence-corrected chi connectivity index (χ4v) is 2.55. The second kappa shape index (κ2) is 6.89. The normalized spacial score (nSPS) is 18.9. The zero-order valence-corrected chi connectivity index (χ0v) is 12.3. The summed E-state index contributed by atoms with van der Waals surface area (Å²) in [6, 6.07) is 5.68. The maximum absolute atomic E-state index is 12.2. The molecule has 0 bridgehead atoms. The van der Waals surface area contributed by atoms with Crippen LogP contribution in [0.15, 0.2) is 24.3 Å². The van der Waals surface area contributed by atoms with Gasteiger partial charge in [-0.05, 0) is 38.3 Å². The van der Waals surface area contributed by atoms with E-state index < -0.39 is 6.36 Å². The highest BCUT2D eigenvalue weighted by Crippen LogP contribution is 2.25. The smallest absolute Gasteiger partial charge is 0.406 e. The van der Waals surface area contributed by atoms with Crippen molar-refractivity contribution in [2.24, 2.45) is 0 Å². The predicted molar refractivity (Wildman–Crippen MR) is 76.6 cm³/mol. The number of carbonyl (C=O) groups is 1. The van der Waals surface area contributed by atoms with Gasteiger partial charge in [-0.15, -0.1) is 13.2 Å². The third kappa shape index (κ3) is 4.82. The van der Waals surface area contributed by atoms with Crippen LogP contribution in [-0.4, -0.2) is 36.3 Å². The SMILES string of the molecule is CC1CCCCN1C(=O)CNc1cccc(OC(F)(F)F)c1. The van der Waals surface area contributed by atoms with Gasteiger partial charge in [0.1, 0.15) is 5.75 Å². The van der Waals surface area contributed by atoms with Crippen LogP contribution < -0.4 is 10.1 Å². The molecule has 122 valence electrons. The molecule has 1 unspecified atom stereocenters. The van der Waals surface area contributed by atoms with Gasteiger partial charge in [0, 0.05) is 24.3 Å². The van der Waals surface area contributed by atoms with Crippen molar-refractivity contribution in [3.05, 3.63) is 24.3 Å². The molecule has 1 aromatic rings. The number of likely N-dealkylation sites (tertiary alicyclic amines) is 1. The van der Waals surface area contributed by atoms with Crippen molar-refractivity contribution in [3.8, 4) is 5.75 Å². The highest BCUT2D eigenvalue weighted by atomic mass is 19.4. The number of nitrogens with zero attached hydrogens (tertiary/aromatic N) is 1. The molecule has 1 N–H and O–H groups in total. The van der Waals surface area contributed by atoms with E-state index in [1.54, 1.807) is 6.07 Å². The lowest BCUT2D eigenvalue weighted by atomic mass is 10.0. The monoisotopic (exact) mass is 316 g/mol. The molecule has 0 aliphatic carbocycles. The van der Waals surface area contributed by atoms with Crippen LogP contribution in [0.1, 0.15) is 26.2 Å². The fraction of sp³-hybridized carbons (Fsp3) is 0.533. The van der Waals surface area contributed by atoms with Gasteiger partial charge in [0.25, 0.3) is 0 Å². The number of benzene rings is 1. The van der Waals surface area contributed by atoms with Crippen molar-refractivity contribution in [2.75, 3.05) is 18.4 Å². The number of halogens is 3. The van der Waals surface area contributed by atoms with E-state index in [-0.39, 0.29) is 24.2 Å². The van der Waals surface area contributed by atoms with E-state index in [4.69, 9.17) is 0 Å². The summed E-state index contributed by atoms with van der Waals surface area (Å²) in [6.07, 6.45) is -1.63. The molecule has 1 heterocycles. The number of amides is 1. The molecular formula is C15H19F3N2O2. The standard InChI is InChI=1S/C15H19F3N2O2/c1-11-5-2-3-8-20(11)14(21)10-19-12-6-4-7-13(9-12)22-15(16,17)18/h4,6-7,9,11,19H,2-3,5,8,10H2,1H3. The molecule has 7 heteroatoms. The Morgan fingerprint density at radius 1 is 1.41 bits per heavy atom. The lowest BCUT2D eigenvalue weighted by Crippen LogP contribution is -2.44. The van der Waals surface area contributed by atoms with Crippen LogP contribution in [-0.2, 0) is 4.79 Å². The molecule has 0 saturated carbocycles. The molecule has 1 aliphatic heterocycles. The number of ether oxygens (including phenoxy) is 1. The summed E-state index contributed by atoms with van der Waals surface area (Å²) in [7, 11) is 0. The van der Waals surface area contributed by atoms with E-state index in [0.29, 0.717) is 5.69 Å². The first-order chi connectivity index (χ1) is 10.3. The average Bonchev–Trinajstić information content (AvgIpc) is 2.44. The van der Waals surface area contributed by atoms with Crippen molar-refractivity contribution in [3.63, 3.8) is 0 Å². The highest BCUT2D eigenvalue weighted by molar-refractivity contribution is 5.81. The minimum absolute atomic E-state index is 0.0469. The number of carbonyl (C=O) groups excluding carboxylic acids is 1. The Labute approximate surface area is 127 Å². The van der Waals surface area contributed by atoms with Gasteiger partial charge in [-0.25, -0.2) is 0 Å². The van der Waals surface area contributed by atoms with E-state index in [2.05, 4.69) is 10.1 Å². The summed E-state index contributed by atoms with van der Waals surface area (Å²) in [6.45, 7) is 2.80. The molecule has 2 rings (SSSR count). The molecule has 4 nitrogen and oxygen atoms in total. The Morgan fingerprint density at radius 2 is 2.18 bits per heavy atom. The molecule has 0 aromatic heterocycles. The number of piperidine rings is 1. The van der Waals surface area contributed by atoms with Crippen LogP contribution in [0.3, 0.4) is 0 Å². The number of alkyl halides is 3. The first-order valence-electron chi connectivity index (χ1n) is 7.24. The summed E-state index contributed by atoms with van der Waals surface area (Å²) in [5.41, 5.74) is 0.416. The number of nitrogens with one attached hydrogen (secondary N) is 1. The highest BCUT2D eigenvalue weighted by Gasteiger charge is 2.31. The molecule has 0 radical (unpaired) electrons. The van der Waals surface area contributed by atoms with Crippen molar-refractivity contribution >= 4 is 11.6 Å². The Morgan fingerprint density at radius 3 is 2.86 bits per heavy atom. The number of hydrogen-bond donors (Lipinski definition) is 1. The maximum Gasteiger partial charge on any atom is 0.573 e. The van der Waals surface area contributed by atoms with Crippen LogP contribution in [0, 0.1) is 0 Å². The second-order valence-corrected chi connectivity index (χ2v) is 5.36. The van der Waals surface area contributed by atoms with Gasteiger partial charge >= 0.3 is 6.36 Å². The lowest BCUT2D eigenvalue weighted by Gasteiger charge is -2.33. The van der Waals surface area contributed by atoms with E-state index in [1.165, 1.54) is 18.2 Å². The van der Waals surface area contributed by atoms with Crippen molar-refractivity contribution in [1.29, 1.82) is 0 Å². The van der Waals surface area contributed by atoms with E-state index in [0.717, 1.165) is 25.8 Å². The maximum atomic E-state index is 12.2. The largest absolute Gasteiger partial charge is 0.573 e. The van der Waals surface area contributed by atoms with Gasteiger partial charge in [-0.3, -0.25) is 4.79 Å². The molecule has 0 spiro atoms. The lowest BCUT2D eigenvalue weighted by molar-refractivity contribution is -0.274. The zero-order valence-electron chi connectivity index (χ0n) is 12.3. The van der Waals surface area contributed by atoms with Crippen LogP contribution in [0.2, 0.25) is 0 Å². The Kier molecular flexibility index (Phi) is 5.15. The summed E-state index contributed by atoms with van der Waals surface area (Å²) in [5, 5.41) is 2.85. The van der Waals surface area contributed by atoms with Crippen LogP contribution in [0.25, 0.3) is 0 Å². The molecule has 1 aromatic carbocycles. The Hall–Kier alpha value is -1.92. The summed E-state index contributed by atoms with van der Waals surface area (Å²) >= 11 is 0. The molecule has 1 atom stereocenters. The Bertz CT molecular complexity index is 520. The second-order valence-electron chi connectivity index (χ2n) is 5.36. The fourth-order valence-electron chi connectivity index (χ4n) is 2.55. The summed E-state index contributed by atoms with van der Waals surface area (Å²) < 4.78 is 40.4. The van der Waals surface area contributed by atoms with Gasteiger partial charge in [0.15, 0.2) is 0 Å². The van der Waals surface area contributed by atoms with E-state index in [1.807, 2.05) is 11.8 Å². The number of rotatable bonds is 4. The minimum Gasteiger partial charge on any atom is -0.406 e. The molecule has 1 amide bonds. The molecule has 22 heavy (non-hydrogen) atoms.